The minimum atomic E-state index is 0.368. The Morgan fingerprint density at radius 2 is 2.57 bits per heavy atom. The van der Waals surface area contributed by atoms with Gasteiger partial charge in [-0.15, -0.1) is 11.3 Å². The predicted molar refractivity (Wildman–Crippen MR) is 64.5 cm³/mol. The van der Waals surface area contributed by atoms with Crippen LogP contribution in [0.2, 0.25) is 0 Å². The zero-order valence-electron chi connectivity index (χ0n) is 8.40. The monoisotopic (exact) mass is 231 g/mol. The van der Waals surface area contributed by atoms with Crippen LogP contribution in [0.5, 0.6) is 0 Å². The van der Waals surface area contributed by atoms with Gasteiger partial charge < -0.3 is 0 Å². The van der Waals surface area contributed by atoms with Gasteiger partial charge in [0, 0.05) is 29.3 Å². The lowest BCUT2D eigenvalue weighted by Gasteiger charge is -2.13. The van der Waals surface area contributed by atoms with Crippen molar-refractivity contribution in [2.45, 2.75) is 25.8 Å². The Labute approximate surface area is 93.5 Å². The molecular formula is C9H17N3S2. The molecule has 1 rings (SSSR count). The molecule has 0 amide bonds. The zero-order valence-corrected chi connectivity index (χ0v) is 10.0. The van der Waals surface area contributed by atoms with Gasteiger partial charge in [-0.25, -0.2) is 0 Å². The summed E-state index contributed by atoms with van der Waals surface area (Å²) in [6.07, 6.45) is 4.12. The normalized spacial score (nSPS) is 13.0. The van der Waals surface area contributed by atoms with Crippen LogP contribution in [0.15, 0.2) is 11.7 Å². The molecule has 1 aromatic heterocycles. The molecule has 5 heteroatoms. The summed E-state index contributed by atoms with van der Waals surface area (Å²) in [5.74, 6) is 7.77. The van der Waals surface area contributed by atoms with Gasteiger partial charge in [0.2, 0.25) is 0 Å². The van der Waals surface area contributed by atoms with Gasteiger partial charge in [0.1, 0.15) is 0 Å². The first kappa shape index (κ1) is 12.0. The smallest absolute Gasteiger partial charge is 0.0794 e. The lowest BCUT2D eigenvalue weighted by Crippen LogP contribution is -2.38. The van der Waals surface area contributed by atoms with E-state index in [1.807, 2.05) is 23.5 Å². The Kier molecular flexibility index (Phi) is 6.18. The molecule has 14 heavy (non-hydrogen) atoms. The maximum absolute atomic E-state index is 5.49. The number of thiazole rings is 1. The predicted octanol–water partition coefficient (Wildman–Crippen LogP) is 1.66. The van der Waals surface area contributed by atoms with E-state index in [9.17, 15) is 0 Å². The average molecular weight is 231 g/mol. The first-order valence-electron chi connectivity index (χ1n) is 4.78. The molecule has 1 atom stereocenters. The summed E-state index contributed by atoms with van der Waals surface area (Å²) in [4.78, 5) is 5.35. The van der Waals surface area contributed by atoms with Crippen LogP contribution in [0.4, 0.5) is 0 Å². The van der Waals surface area contributed by atoms with Gasteiger partial charge in [-0.3, -0.25) is 16.3 Å². The number of nitrogens with zero attached hydrogens (tertiary/aromatic N) is 1. The third-order valence-electron chi connectivity index (χ3n) is 1.83. The van der Waals surface area contributed by atoms with Crippen molar-refractivity contribution in [3.63, 3.8) is 0 Å². The van der Waals surface area contributed by atoms with E-state index in [0.717, 1.165) is 12.2 Å². The average Bonchev–Trinajstić information content (AvgIpc) is 2.69. The van der Waals surface area contributed by atoms with Gasteiger partial charge in [-0.05, 0) is 12.2 Å². The Bertz CT molecular complexity index is 226. The molecule has 1 heterocycles. The lowest BCUT2D eigenvalue weighted by atomic mass is 10.2. The number of rotatable bonds is 7. The Morgan fingerprint density at radius 3 is 3.14 bits per heavy atom. The van der Waals surface area contributed by atoms with E-state index >= 15 is 0 Å². The molecule has 0 aliphatic heterocycles. The fourth-order valence-electron chi connectivity index (χ4n) is 1.12. The number of aromatic nitrogens is 1. The molecule has 3 N–H and O–H groups in total. The van der Waals surface area contributed by atoms with Crippen molar-refractivity contribution >= 4 is 23.1 Å². The second kappa shape index (κ2) is 7.23. The minimum absolute atomic E-state index is 0.368. The van der Waals surface area contributed by atoms with Crippen LogP contribution < -0.4 is 11.3 Å². The van der Waals surface area contributed by atoms with Gasteiger partial charge in [0.05, 0.1) is 5.51 Å². The van der Waals surface area contributed by atoms with Crippen molar-refractivity contribution in [3.05, 3.63) is 16.6 Å². The molecule has 3 nitrogen and oxygen atoms in total. The van der Waals surface area contributed by atoms with Gasteiger partial charge >= 0.3 is 0 Å². The molecule has 0 aliphatic carbocycles. The number of nitrogens with two attached hydrogens (primary N) is 1. The zero-order chi connectivity index (χ0) is 10.2. The summed E-state index contributed by atoms with van der Waals surface area (Å²) in [5.41, 5.74) is 4.72. The minimum Gasteiger partial charge on any atom is -0.271 e. The molecule has 0 radical (unpaired) electrons. The molecule has 0 saturated heterocycles. The molecule has 0 aliphatic rings. The van der Waals surface area contributed by atoms with Crippen molar-refractivity contribution in [2.24, 2.45) is 5.84 Å². The standard InChI is InChI=1S/C9H17N3S2/c1-2-3-13-6-8(12-10)4-9-5-11-7-14-9/h5,7-8,12H,2-4,6,10H2,1H3. The van der Waals surface area contributed by atoms with Crippen molar-refractivity contribution in [3.8, 4) is 0 Å². The molecule has 0 spiro atoms. The van der Waals surface area contributed by atoms with Crippen LogP contribution in [0, 0.1) is 0 Å². The van der Waals surface area contributed by atoms with Gasteiger partial charge in [-0.1, -0.05) is 6.92 Å². The van der Waals surface area contributed by atoms with E-state index in [1.54, 1.807) is 11.3 Å². The van der Waals surface area contributed by atoms with E-state index < -0.39 is 0 Å². The van der Waals surface area contributed by atoms with Crippen molar-refractivity contribution in [1.29, 1.82) is 0 Å². The quantitative estimate of drug-likeness (QED) is 0.426. The summed E-state index contributed by atoms with van der Waals surface area (Å²) in [5, 5.41) is 0. The van der Waals surface area contributed by atoms with E-state index in [-0.39, 0.29) is 0 Å². The van der Waals surface area contributed by atoms with Crippen LogP contribution in [-0.2, 0) is 6.42 Å². The largest absolute Gasteiger partial charge is 0.271 e. The van der Waals surface area contributed by atoms with Crippen molar-refractivity contribution < 1.29 is 0 Å². The third kappa shape index (κ3) is 4.41. The second-order valence-electron chi connectivity index (χ2n) is 3.11. The van der Waals surface area contributed by atoms with Crippen molar-refractivity contribution in [1.82, 2.24) is 10.4 Å². The molecule has 1 unspecified atom stereocenters. The molecule has 80 valence electrons. The first-order valence-corrected chi connectivity index (χ1v) is 6.81. The lowest BCUT2D eigenvalue weighted by molar-refractivity contribution is 0.579. The Hall–Kier alpha value is -0.100. The number of hydrogen-bond acceptors (Lipinski definition) is 5. The number of hydrazine groups is 1. The fourth-order valence-corrected chi connectivity index (χ4v) is 2.75. The Balaban J connectivity index is 2.24. The van der Waals surface area contributed by atoms with Gasteiger partial charge in [-0.2, -0.15) is 11.8 Å². The molecule has 0 bridgehead atoms. The van der Waals surface area contributed by atoms with Crippen molar-refractivity contribution in [2.75, 3.05) is 11.5 Å². The summed E-state index contributed by atoms with van der Waals surface area (Å²) >= 11 is 3.64. The van der Waals surface area contributed by atoms with Gasteiger partial charge in [0.25, 0.3) is 0 Å². The van der Waals surface area contributed by atoms with Crippen LogP contribution in [-0.4, -0.2) is 22.5 Å². The maximum atomic E-state index is 5.49. The highest BCUT2D eigenvalue weighted by Gasteiger charge is 2.08. The SMILES string of the molecule is CCCSCC(Cc1cncs1)NN. The van der Waals surface area contributed by atoms with E-state index in [4.69, 9.17) is 5.84 Å². The topological polar surface area (TPSA) is 50.9 Å². The third-order valence-corrected chi connectivity index (χ3v) is 3.97. The molecule has 0 aromatic carbocycles. The number of nitrogens with one attached hydrogen (secondary N) is 1. The second-order valence-corrected chi connectivity index (χ2v) is 5.23. The maximum Gasteiger partial charge on any atom is 0.0794 e. The van der Waals surface area contributed by atoms with Gasteiger partial charge in [0.15, 0.2) is 0 Å². The summed E-state index contributed by atoms with van der Waals surface area (Å²) in [7, 11) is 0. The highest BCUT2D eigenvalue weighted by Crippen LogP contribution is 2.12. The summed E-state index contributed by atoms with van der Waals surface area (Å²) in [6, 6.07) is 0.368. The molecular weight excluding hydrogens is 214 g/mol. The molecule has 1 aromatic rings. The van der Waals surface area contributed by atoms with Crippen LogP contribution in [0.25, 0.3) is 0 Å². The van der Waals surface area contributed by atoms with Crippen LogP contribution in [0.1, 0.15) is 18.2 Å². The van der Waals surface area contributed by atoms with E-state index in [0.29, 0.717) is 6.04 Å². The highest BCUT2D eigenvalue weighted by atomic mass is 32.2. The highest BCUT2D eigenvalue weighted by molar-refractivity contribution is 7.99. The summed E-state index contributed by atoms with van der Waals surface area (Å²) in [6.45, 7) is 2.20. The van der Waals surface area contributed by atoms with E-state index in [2.05, 4.69) is 17.3 Å². The molecule has 0 saturated carbocycles. The number of hydrogen-bond donors (Lipinski definition) is 2. The van der Waals surface area contributed by atoms with Crippen LogP contribution in [0.3, 0.4) is 0 Å². The summed E-state index contributed by atoms with van der Waals surface area (Å²) < 4.78 is 0. The fraction of sp³-hybridized carbons (Fsp3) is 0.667. The number of thioether (sulfide) groups is 1. The first-order chi connectivity index (χ1) is 6.86. The van der Waals surface area contributed by atoms with E-state index in [1.165, 1.54) is 17.1 Å². The molecule has 0 fully saturated rings. The van der Waals surface area contributed by atoms with Crippen LogP contribution >= 0.6 is 23.1 Å². The Morgan fingerprint density at radius 1 is 1.71 bits per heavy atom.